The first kappa shape index (κ1) is 22.3. The molecule has 2 nitrogen and oxygen atoms in total. The fourth-order valence-corrected chi connectivity index (χ4v) is 20.6. The van der Waals surface area contributed by atoms with Crippen LogP contribution in [0.3, 0.4) is 0 Å². The number of hydrogen-bond donors (Lipinski definition) is 0. The fraction of sp³-hybridized carbons (Fsp3) is 0.143. The van der Waals surface area contributed by atoms with E-state index in [0.717, 1.165) is 33.1 Å². The van der Waals surface area contributed by atoms with E-state index in [1.54, 1.807) is 0 Å². The van der Waals surface area contributed by atoms with Gasteiger partial charge in [-0.15, -0.1) is 0 Å². The van der Waals surface area contributed by atoms with E-state index in [-0.39, 0.29) is 11.4 Å². The topological polar surface area (TPSA) is 6.48 Å². The molecule has 0 atom stereocenters. The lowest BCUT2D eigenvalue weighted by molar-refractivity contribution is -0.137. The third-order valence-corrected chi connectivity index (χ3v) is 16.5. The van der Waals surface area contributed by atoms with Crippen LogP contribution < -0.4 is 8.88 Å². The molecule has 0 unspecified atom stereocenters. The SMILES string of the molecule is FC(F)(F)c1ccccc1N1P(=S)([S-])N(c2ccccc2C(F)(F)F)P1(=S)[S-]. The first-order valence-corrected chi connectivity index (χ1v) is 14.7. The molecule has 14 heteroatoms. The Morgan fingerprint density at radius 2 is 0.929 bits per heavy atom. The summed E-state index contributed by atoms with van der Waals surface area (Å²) in [4.78, 5) is 0. The molecule has 0 saturated carbocycles. The van der Waals surface area contributed by atoms with Crippen LogP contribution in [0.4, 0.5) is 37.7 Å². The van der Waals surface area contributed by atoms with Crippen LogP contribution in [0.2, 0.25) is 0 Å². The van der Waals surface area contributed by atoms with Crippen LogP contribution >= 0.6 is 11.1 Å². The van der Waals surface area contributed by atoms with Crippen LogP contribution in [-0.4, -0.2) is 0 Å². The van der Waals surface area contributed by atoms with Crippen molar-refractivity contribution in [2.75, 3.05) is 8.88 Å². The van der Waals surface area contributed by atoms with Crippen LogP contribution in [0.5, 0.6) is 0 Å². The average molecular weight is 508 g/mol. The summed E-state index contributed by atoms with van der Waals surface area (Å²) in [5, 5.41) is 0. The zero-order valence-electron chi connectivity index (χ0n) is 13.3. The second-order valence-corrected chi connectivity index (χ2v) is 17.3. The predicted octanol–water partition coefficient (Wildman–Crippen LogP) is 6.59. The molecule has 1 aliphatic heterocycles. The van der Waals surface area contributed by atoms with Crippen LogP contribution in [0, 0.1) is 0 Å². The van der Waals surface area contributed by atoms with Crippen molar-refractivity contribution in [3.05, 3.63) is 59.7 Å². The molecule has 2 aromatic carbocycles. The Morgan fingerprint density at radius 3 is 1.21 bits per heavy atom. The molecule has 0 bridgehead atoms. The Balaban J connectivity index is 2.18. The third-order valence-electron chi connectivity index (χ3n) is 3.81. The summed E-state index contributed by atoms with van der Waals surface area (Å²) in [6, 6.07) is 8.98. The van der Waals surface area contributed by atoms with Crippen LogP contribution in [0.25, 0.3) is 0 Å². The van der Waals surface area contributed by atoms with E-state index < -0.39 is 34.6 Å². The third kappa shape index (κ3) is 3.61. The minimum absolute atomic E-state index is 0.382. The lowest BCUT2D eigenvalue weighted by atomic mass is 10.2. The van der Waals surface area contributed by atoms with Gasteiger partial charge in [-0.1, -0.05) is 47.9 Å². The van der Waals surface area contributed by atoms with E-state index in [9.17, 15) is 26.3 Å². The van der Waals surface area contributed by atoms with Crippen molar-refractivity contribution in [1.82, 2.24) is 0 Å². The predicted molar refractivity (Wildman–Crippen MR) is 111 cm³/mol. The summed E-state index contributed by atoms with van der Waals surface area (Å²) in [5.74, 6) is 0. The molecule has 0 aromatic heterocycles. The summed E-state index contributed by atoms with van der Waals surface area (Å²) < 4.78 is 82.5. The number of nitrogens with zero attached hydrogens (tertiary/aromatic N) is 2. The summed E-state index contributed by atoms with van der Waals surface area (Å²) in [6.07, 6.45) is -9.45. The van der Waals surface area contributed by atoms with Gasteiger partial charge in [-0.3, -0.25) is 0 Å². The highest BCUT2D eigenvalue weighted by molar-refractivity contribution is 8.73. The minimum Gasteiger partial charge on any atom is -0.704 e. The molecule has 1 saturated heterocycles. The summed E-state index contributed by atoms with van der Waals surface area (Å²) >= 11 is 21.3. The van der Waals surface area contributed by atoms with Gasteiger partial charge in [-0.05, 0) is 24.3 Å². The first-order valence-electron chi connectivity index (χ1n) is 7.27. The number of alkyl halides is 6. The molecule has 152 valence electrons. The second-order valence-electron chi connectivity index (χ2n) is 5.59. The van der Waals surface area contributed by atoms with E-state index in [4.69, 9.17) is 48.1 Å². The van der Waals surface area contributed by atoms with Crippen molar-refractivity contribution in [3.63, 3.8) is 0 Å². The molecule has 1 heterocycles. The first-order chi connectivity index (χ1) is 12.7. The quantitative estimate of drug-likeness (QED) is 0.255. The Labute approximate surface area is 177 Å². The Hall–Kier alpha value is -0.380. The zero-order chi connectivity index (χ0) is 21.1. The standard InChI is InChI=1S/C14H10F6N2P2S4/c15-13(16,17)9-5-1-3-7-11(9)21-23(25,26)22(24(21,27)28)12-8-4-2-6-10(12)14(18,19)20/h1-8H,(H,25,26)(H,27,28)/p-2. The van der Waals surface area contributed by atoms with Crippen molar-refractivity contribution < 1.29 is 26.3 Å². The Kier molecular flexibility index (Phi) is 5.65. The highest BCUT2D eigenvalue weighted by Crippen LogP contribution is 2.86. The zero-order valence-corrected chi connectivity index (χ0v) is 18.4. The van der Waals surface area contributed by atoms with Gasteiger partial charge in [0.05, 0.1) is 22.5 Å². The van der Waals surface area contributed by atoms with E-state index in [0.29, 0.717) is 0 Å². The van der Waals surface area contributed by atoms with E-state index >= 15 is 0 Å². The minimum atomic E-state index is -4.73. The number of para-hydroxylation sites is 2. The van der Waals surface area contributed by atoms with Crippen molar-refractivity contribution >= 4 is 70.6 Å². The maximum Gasteiger partial charge on any atom is 0.418 e. The number of halogens is 6. The molecule has 0 aliphatic carbocycles. The highest BCUT2D eigenvalue weighted by Gasteiger charge is 2.47. The van der Waals surface area contributed by atoms with Gasteiger partial charge in [0.1, 0.15) is 0 Å². The van der Waals surface area contributed by atoms with Gasteiger partial charge in [-0.25, -0.2) is 0 Å². The molecule has 3 rings (SSSR count). The van der Waals surface area contributed by atoms with Gasteiger partial charge in [0.2, 0.25) is 0 Å². The van der Waals surface area contributed by atoms with Crippen LogP contribution in [0.15, 0.2) is 48.5 Å². The lowest BCUT2D eigenvalue weighted by Gasteiger charge is -2.73. The summed E-state index contributed by atoms with van der Waals surface area (Å²) in [6.45, 7) is 0. The summed E-state index contributed by atoms with van der Waals surface area (Å²) in [7, 11) is 0. The average Bonchev–Trinajstić information content (AvgIpc) is 2.52. The number of anilines is 2. The molecular formula is C14H8F6N2P2S4-2. The molecule has 28 heavy (non-hydrogen) atoms. The van der Waals surface area contributed by atoms with Crippen molar-refractivity contribution in [2.45, 2.75) is 12.4 Å². The van der Waals surface area contributed by atoms with Gasteiger partial charge in [0, 0.05) is 11.1 Å². The molecule has 0 N–H and O–H groups in total. The lowest BCUT2D eigenvalue weighted by Crippen LogP contribution is -2.42. The molecule has 1 aliphatic rings. The van der Waals surface area contributed by atoms with Gasteiger partial charge in [0.25, 0.3) is 0 Å². The molecule has 0 spiro atoms. The Morgan fingerprint density at radius 1 is 0.643 bits per heavy atom. The highest BCUT2D eigenvalue weighted by atomic mass is 32.9. The van der Waals surface area contributed by atoms with Crippen LogP contribution in [-0.2, 0) is 60.5 Å². The second kappa shape index (κ2) is 7.10. The summed E-state index contributed by atoms with van der Waals surface area (Å²) in [5.41, 5.74) is -9.87. The number of hydrogen-bond acceptors (Lipinski definition) is 4. The molecule has 1 fully saturated rings. The van der Waals surface area contributed by atoms with Gasteiger partial charge < -0.3 is 33.4 Å². The Bertz CT molecular complexity index is 928. The van der Waals surface area contributed by atoms with E-state index in [1.807, 2.05) is 0 Å². The molecular weight excluding hydrogens is 500 g/mol. The largest absolute Gasteiger partial charge is 0.704 e. The van der Waals surface area contributed by atoms with E-state index in [2.05, 4.69) is 0 Å². The number of benzene rings is 2. The number of rotatable bonds is 2. The molecule has 0 radical (unpaired) electrons. The normalized spacial score (nSPS) is 25.6. The van der Waals surface area contributed by atoms with Crippen molar-refractivity contribution in [1.29, 1.82) is 0 Å². The smallest absolute Gasteiger partial charge is 0.418 e. The van der Waals surface area contributed by atoms with Gasteiger partial charge in [-0.2, -0.15) is 26.3 Å². The van der Waals surface area contributed by atoms with Gasteiger partial charge >= 0.3 is 12.4 Å². The molecule has 0 amide bonds. The maximum absolute atomic E-state index is 13.4. The molecule has 2 aromatic rings. The van der Waals surface area contributed by atoms with Crippen molar-refractivity contribution in [2.24, 2.45) is 0 Å². The van der Waals surface area contributed by atoms with Gasteiger partial charge in [0.15, 0.2) is 0 Å². The maximum atomic E-state index is 13.4. The monoisotopic (exact) mass is 508 g/mol. The van der Waals surface area contributed by atoms with Crippen LogP contribution in [0.1, 0.15) is 11.1 Å². The van der Waals surface area contributed by atoms with Crippen molar-refractivity contribution in [3.8, 4) is 0 Å². The fourth-order valence-electron chi connectivity index (χ4n) is 2.73. The van der Waals surface area contributed by atoms with E-state index in [1.165, 1.54) is 24.3 Å².